The van der Waals surface area contributed by atoms with E-state index in [0.29, 0.717) is 6.61 Å². The molecular weight excluding hydrogens is 168 g/mol. The molecule has 0 aliphatic carbocycles. The summed E-state index contributed by atoms with van der Waals surface area (Å²) < 4.78 is 7.13. The van der Waals surface area contributed by atoms with Crippen LogP contribution in [0.2, 0.25) is 0 Å². The van der Waals surface area contributed by atoms with Gasteiger partial charge in [0.05, 0.1) is 12.7 Å². The van der Waals surface area contributed by atoms with Crippen LogP contribution < -0.4 is 9.30 Å². The van der Waals surface area contributed by atoms with Gasteiger partial charge in [0.2, 0.25) is 5.69 Å². The molecule has 1 aromatic rings. The average molecular weight is 181 g/mol. The Morgan fingerprint density at radius 1 is 1.69 bits per heavy atom. The first kappa shape index (κ1) is 9.51. The Labute approximate surface area is 77.1 Å². The van der Waals surface area contributed by atoms with Gasteiger partial charge in [-0.15, -0.1) is 0 Å². The van der Waals surface area contributed by atoms with E-state index in [1.807, 2.05) is 36.9 Å². The fourth-order valence-electron chi connectivity index (χ4n) is 1.01. The van der Waals surface area contributed by atoms with Gasteiger partial charge in [0.1, 0.15) is 19.0 Å². The van der Waals surface area contributed by atoms with Crippen LogP contribution in [0.3, 0.4) is 0 Å². The summed E-state index contributed by atoms with van der Waals surface area (Å²) in [5.74, 6) is 0.774. The van der Waals surface area contributed by atoms with E-state index >= 15 is 0 Å². The number of aromatic nitrogens is 1. The molecule has 4 heteroatoms. The van der Waals surface area contributed by atoms with Crippen molar-refractivity contribution >= 4 is 6.21 Å². The number of aryl methyl sites for hydroxylation is 1. The van der Waals surface area contributed by atoms with Gasteiger partial charge in [0.15, 0.2) is 6.20 Å². The standard InChI is InChI=1S/C9H12N2O2/c1-3-13-9-4-5-11(2)8(6-9)7-10-12/h4-7H,3H2,1-2H3/p+1. The van der Waals surface area contributed by atoms with Crippen LogP contribution in [0.5, 0.6) is 5.75 Å². The van der Waals surface area contributed by atoms with E-state index in [-0.39, 0.29) is 0 Å². The summed E-state index contributed by atoms with van der Waals surface area (Å²) in [5.41, 5.74) is 0.786. The second kappa shape index (κ2) is 4.45. The molecule has 4 nitrogen and oxygen atoms in total. The van der Waals surface area contributed by atoms with Crippen LogP contribution in [0, 0.1) is 0 Å². The highest BCUT2D eigenvalue weighted by atomic mass is 16.5. The van der Waals surface area contributed by atoms with Crippen molar-refractivity contribution in [2.45, 2.75) is 6.92 Å². The second-order valence-corrected chi connectivity index (χ2v) is 2.58. The lowest BCUT2D eigenvalue weighted by molar-refractivity contribution is -0.672. The fourth-order valence-corrected chi connectivity index (χ4v) is 1.01. The number of ether oxygens (including phenoxy) is 1. The molecule has 0 atom stereocenters. The first-order chi connectivity index (χ1) is 6.27. The lowest BCUT2D eigenvalue weighted by Crippen LogP contribution is -2.32. The monoisotopic (exact) mass is 181 g/mol. The van der Waals surface area contributed by atoms with Crippen molar-refractivity contribution in [2.24, 2.45) is 12.2 Å². The zero-order chi connectivity index (χ0) is 9.68. The van der Waals surface area contributed by atoms with Crippen molar-refractivity contribution in [3.05, 3.63) is 24.0 Å². The highest BCUT2D eigenvalue weighted by molar-refractivity contribution is 5.74. The summed E-state index contributed by atoms with van der Waals surface area (Å²) in [6.45, 7) is 2.55. The third-order valence-electron chi connectivity index (χ3n) is 1.66. The van der Waals surface area contributed by atoms with Gasteiger partial charge in [0.25, 0.3) is 0 Å². The molecular formula is C9H13N2O2+. The van der Waals surface area contributed by atoms with Crippen molar-refractivity contribution < 1.29 is 14.5 Å². The Kier molecular flexibility index (Phi) is 3.25. The molecule has 0 saturated heterocycles. The Balaban J connectivity index is 2.96. The quantitative estimate of drug-likeness (QED) is 0.323. The van der Waals surface area contributed by atoms with Crippen LogP contribution in [0.15, 0.2) is 23.5 Å². The minimum Gasteiger partial charge on any atom is -0.493 e. The van der Waals surface area contributed by atoms with Gasteiger partial charge >= 0.3 is 0 Å². The SMILES string of the molecule is CCOc1cc[n+](C)c(/C=N/O)c1. The lowest BCUT2D eigenvalue weighted by atomic mass is 10.3. The summed E-state index contributed by atoms with van der Waals surface area (Å²) in [6, 6.07) is 3.67. The minimum absolute atomic E-state index is 0.628. The van der Waals surface area contributed by atoms with Crippen LogP contribution in [0.1, 0.15) is 12.6 Å². The van der Waals surface area contributed by atoms with Crippen molar-refractivity contribution in [1.82, 2.24) is 0 Å². The highest BCUT2D eigenvalue weighted by Crippen LogP contribution is 2.07. The number of nitrogens with zero attached hydrogens (tertiary/aromatic N) is 2. The minimum atomic E-state index is 0.628. The molecule has 0 aliphatic rings. The van der Waals surface area contributed by atoms with Crippen molar-refractivity contribution in [3.8, 4) is 5.75 Å². The summed E-state index contributed by atoms with van der Waals surface area (Å²) in [4.78, 5) is 0. The number of oxime groups is 1. The average Bonchev–Trinajstić information content (AvgIpc) is 2.12. The van der Waals surface area contributed by atoms with E-state index in [4.69, 9.17) is 9.94 Å². The first-order valence-electron chi connectivity index (χ1n) is 4.08. The maximum atomic E-state index is 8.38. The Morgan fingerprint density at radius 3 is 3.08 bits per heavy atom. The Hall–Kier alpha value is -1.58. The maximum absolute atomic E-state index is 8.38. The maximum Gasteiger partial charge on any atom is 0.230 e. The van der Waals surface area contributed by atoms with Gasteiger partial charge in [-0.25, -0.2) is 0 Å². The van der Waals surface area contributed by atoms with Gasteiger partial charge in [-0.05, 0) is 6.92 Å². The predicted molar refractivity (Wildman–Crippen MR) is 48.2 cm³/mol. The molecule has 1 rings (SSSR count). The predicted octanol–water partition coefficient (Wildman–Crippen LogP) is 0.718. The third kappa shape index (κ3) is 2.43. The summed E-state index contributed by atoms with van der Waals surface area (Å²) in [7, 11) is 1.87. The molecule has 0 bridgehead atoms. The molecule has 0 fully saturated rings. The van der Waals surface area contributed by atoms with Gasteiger partial charge in [0, 0.05) is 6.07 Å². The molecule has 0 radical (unpaired) electrons. The lowest BCUT2D eigenvalue weighted by Gasteiger charge is -2.01. The topological polar surface area (TPSA) is 45.7 Å². The van der Waals surface area contributed by atoms with Gasteiger partial charge < -0.3 is 9.94 Å². The summed E-state index contributed by atoms with van der Waals surface area (Å²) in [6.07, 6.45) is 3.21. The molecule has 0 aliphatic heterocycles. The number of hydrogen-bond donors (Lipinski definition) is 1. The third-order valence-corrected chi connectivity index (χ3v) is 1.66. The van der Waals surface area contributed by atoms with Crippen LogP contribution >= 0.6 is 0 Å². The molecule has 0 aromatic carbocycles. The highest BCUT2D eigenvalue weighted by Gasteiger charge is 2.05. The van der Waals surface area contributed by atoms with E-state index in [2.05, 4.69) is 5.16 Å². The molecule has 1 heterocycles. The van der Waals surface area contributed by atoms with E-state index in [0.717, 1.165) is 11.4 Å². The van der Waals surface area contributed by atoms with Crippen LogP contribution in [-0.2, 0) is 7.05 Å². The zero-order valence-corrected chi connectivity index (χ0v) is 7.77. The number of pyridine rings is 1. The van der Waals surface area contributed by atoms with Gasteiger partial charge in [-0.2, -0.15) is 4.57 Å². The van der Waals surface area contributed by atoms with Gasteiger partial charge in [-0.3, -0.25) is 0 Å². The second-order valence-electron chi connectivity index (χ2n) is 2.58. The van der Waals surface area contributed by atoms with Crippen LogP contribution in [-0.4, -0.2) is 18.0 Å². The molecule has 0 saturated carbocycles. The number of hydrogen-bond acceptors (Lipinski definition) is 3. The summed E-state index contributed by atoms with van der Waals surface area (Å²) >= 11 is 0. The Bertz CT molecular complexity index is 310. The van der Waals surface area contributed by atoms with Crippen molar-refractivity contribution in [3.63, 3.8) is 0 Å². The normalized spacial score (nSPS) is 10.6. The molecule has 0 spiro atoms. The number of rotatable bonds is 3. The van der Waals surface area contributed by atoms with E-state index < -0.39 is 0 Å². The van der Waals surface area contributed by atoms with E-state index in [9.17, 15) is 0 Å². The summed E-state index contributed by atoms with van der Waals surface area (Å²) in [5, 5.41) is 11.3. The largest absolute Gasteiger partial charge is 0.493 e. The van der Waals surface area contributed by atoms with Crippen molar-refractivity contribution in [1.29, 1.82) is 0 Å². The van der Waals surface area contributed by atoms with Crippen LogP contribution in [0.25, 0.3) is 0 Å². The smallest absolute Gasteiger partial charge is 0.230 e. The molecule has 1 aromatic heterocycles. The molecule has 1 N–H and O–H groups in total. The Morgan fingerprint density at radius 2 is 2.46 bits per heavy atom. The molecule has 0 unspecified atom stereocenters. The zero-order valence-electron chi connectivity index (χ0n) is 7.77. The van der Waals surface area contributed by atoms with Crippen molar-refractivity contribution in [2.75, 3.05) is 6.61 Å². The van der Waals surface area contributed by atoms with Crippen LogP contribution in [0.4, 0.5) is 0 Å². The molecule has 13 heavy (non-hydrogen) atoms. The molecule has 70 valence electrons. The molecule has 0 amide bonds. The first-order valence-corrected chi connectivity index (χ1v) is 4.08. The van der Waals surface area contributed by atoms with E-state index in [1.165, 1.54) is 6.21 Å². The van der Waals surface area contributed by atoms with E-state index in [1.54, 1.807) is 0 Å². The fraction of sp³-hybridized carbons (Fsp3) is 0.333. The van der Waals surface area contributed by atoms with Gasteiger partial charge in [-0.1, -0.05) is 5.16 Å².